The second-order valence-corrected chi connectivity index (χ2v) is 6.58. The first kappa shape index (κ1) is 13.0. The molecular weight excluding hydrogens is 212 g/mol. The van der Waals surface area contributed by atoms with E-state index in [0.29, 0.717) is 17.2 Å². The average Bonchev–Trinajstić information content (AvgIpc) is 2.11. The molecule has 0 bridgehead atoms. The number of carbonyl (C=O) groups excluding carboxylic acids is 1. The number of ketones is 1. The van der Waals surface area contributed by atoms with Gasteiger partial charge in [-0.25, -0.2) is 0 Å². The summed E-state index contributed by atoms with van der Waals surface area (Å²) in [6, 6.07) is 0.692. The number of likely N-dealkylation sites (tertiary alicyclic amines) is 2. The van der Waals surface area contributed by atoms with E-state index in [4.69, 9.17) is 0 Å². The van der Waals surface area contributed by atoms with Crippen LogP contribution >= 0.6 is 0 Å². The van der Waals surface area contributed by atoms with E-state index >= 15 is 0 Å². The molecule has 0 aromatic heterocycles. The first-order valence-electron chi connectivity index (χ1n) is 6.91. The highest BCUT2D eigenvalue weighted by molar-refractivity contribution is 5.80. The van der Waals surface area contributed by atoms with Gasteiger partial charge < -0.3 is 4.90 Å². The van der Waals surface area contributed by atoms with Gasteiger partial charge >= 0.3 is 0 Å². The maximum Gasteiger partial charge on any atom is 0.136 e. The summed E-state index contributed by atoms with van der Waals surface area (Å²) >= 11 is 0. The van der Waals surface area contributed by atoms with Gasteiger partial charge in [0.2, 0.25) is 0 Å². The molecule has 2 aliphatic rings. The van der Waals surface area contributed by atoms with E-state index < -0.39 is 0 Å². The van der Waals surface area contributed by atoms with Crippen LogP contribution in [0.2, 0.25) is 0 Å². The molecule has 3 heteroatoms. The third kappa shape index (κ3) is 2.71. The zero-order chi connectivity index (χ0) is 12.6. The second kappa shape index (κ2) is 4.69. The Morgan fingerprint density at radius 2 is 1.71 bits per heavy atom. The maximum absolute atomic E-state index is 11.5. The number of carbonyl (C=O) groups is 1. The standard InChI is InChI=1S/C14H26N2O/c1-11(2)13(17)5-6-15-7-14(8-15)9-16(10-14)12(3)4/h11-12H,5-10H2,1-4H3. The fourth-order valence-corrected chi connectivity index (χ4v) is 3.00. The molecule has 3 nitrogen and oxygen atoms in total. The highest BCUT2D eigenvalue weighted by atomic mass is 16.1. The van der Waals surface area contributed by atoms with Gasteiger partial charge in [-0.05, 0) is 13.8 Å². The van der Waals surface area contributed by atoms with Crippen molar-refractivity contribution < 1.29 is 4.79 Å². The maximum atomic E-state index is 11.5. The molecule has 0 saturated carbocycles. The minimum atomic E-state index is 0.199. The third-order valence-corrected chi connectivity index (χ3v) is 4.24. The Morgan fingerprint density at radius 3 is 2.18 bits per heavy atom. The smallest absolute Gasteiger partial charge is 0.136 e. The van der Waals surface area contributed by atoms with Gasteiger partial charge in [-0.2, -0.15) is 0 Å². The van der Waals surface area contributed by atoms with Crippen molar-refractivity contribution in [3.05, 3.63) is 0 Å². The van der Waals surface area contributed by atoms with Crippen molar-refractivity contribution in [2.45, 2.75) is 40.2 Å². The second-order valence-electron chi connectivity index (χ2n) is 6.58. The van der Waals surface area contributed by atoms with E-state index in [1.165, 1.54) is 26.2 Å². The molecule has 0 aromatic rings. The SMILES string of the molecule is CC(C)C(=O)CCN1CC2(C1)CN(C(C)C)C2. The molecule has 0 amide bonds. The summed E-state index contributed by atoms with van der Waals surface area (Å²) in [5.41, 5.74) is 0.588. The molecule has 0 aliphatic carbocycles. The van der Waals surface area contributed by atoms with Crippen LogP contribution in [0.15, 0.2) is 0 Å². The molecule has 0 aromatic carbocycles. The highest BCUT2D eigenvalue weighted by Gasteiger charge is 2.51. The molecular formula is C14H26N2O. The number of rotatable bonds is 5. The Labute approximate surface area is 105 Å². The molecule has 0 atom stereocenters. The lowest BCUT2D eigenvalue weighted by Crippen LogP contribution is -2.73. The van der Waals surface area contributed by atoms with Gasteiger partial charge in [-0.3, -0.25) is 9.69 Å². The Balaban J connectivity index is 1.62. The molecule has 2 rings (SSSR count). The van der Waals surface area contributed by atoms with Crippen molar-refractivity contribution in [2.24, 2.45) is 11.3 Å². The molecule has 0 unspecified atom stereocenters. The van der Waals surface area contributed by atoms with E-state index in [1.54, 1.807) is 0 Å². The summed E-state index contributed by atoms with van der Waals surface area (Å²) < 4.78 is 0. The first-order chi connectivity index (χ1) is 7.92. The van der Waals surface area contributed by atoms with Crippen LogP contribution in [0.3, 0.4) is 0 Å². The van der Waals surface area contributed by atoms with Crippen LogP contribution in [0.1, 0.15) is 34.1 Å². The molecule has 0 N–H and O–H groups in total. The Bertz CT molecular complexity index is 285. The molecule has 2 saturated heterocycles. The van der Waals surface area contributed by atoms with Crippen molar-refractivity contribution in [1.82, 2.24) is 9.80 Å². The predicted molar refractivity (Wildman–Crippen MR) is 70.0 cm³/mol. The van der Waals surface area contributed by atoms with Gasteiger partial charge in [0.15, 0.2) is 0 Å². The lowest BCUT2D eigenvalue weighted by atomic mass is 9.72. The minimum absolute atomic E-state index is 0.199. The molecule has 2 heterocycles. The molecule has 1 spiro atoms. The van der Waals surface area contributed by atoms with Crippen molar-refractivity contribution in [3.8, 4) is 0 Å². The molecule has 2 aliphatic heterocycles. The first-order valence-corrected chi connectivity index (χ1v) is 6.91. The van der Waals surface area contributed by atoms with E-state index in [1.807, 2.05) is 13.8 Å². The lowest BCUT2D eigenvalue weighted by Gasteiger charge is -2.61. The van der Waals surface area contributed by atoms with Crippen LogP contribution in [0, 0.1) is 11.3 Å². The van der Waals surface area contributed by atoms with Crippen LogP contribution in [0.25, 0.3) is 0 Å². The monoisotopic (exact) mass is 238 g/mol. The zero-order valence-electron chi connectivity index (χ0n) is 11.7. The molecule has 17 heavy (non-hydrogen) atoms. The fourth-order valence-electron chi connectivity index (χ4n) is 3.00. The van der Waals surface area contributed by atoms with Crippen LogP contribution in [0.5, 0.6) is 0 Å². The third-order valence-electron chi connectivity index (χ3n) is 4.24. The summed E-state index contributed by atoms with van der Waals surface area (Å²) in [4.78, 5) is 16.5. The summed E-state index contributed by atoms with van der Waals surface area (Å²) in [5.74, 6) is 0.605. The van der Waals surface area contributed by atoms with Gasteiger partial charge in [0, 0.05) is 56.5 Å². The summed E-state index contributed by atoms with van der Waals surface area (Å²) in [6.45, 7) is 14.4. The van der Waals surface area contributed by atoms with Crippen LogP contribution in [-0.4, -0.2) is 54.3 Å². The van der Waals surface area contributed by atoms with E-state index in [0.717, 1.165) is 13.0 Å². The zero-order valence-corrected chi connectivity index (χ0v) is 11.7. The van der Waals surface area contributed by atoms with Crippen molar-refractivity contribution in [3.63, 3.8) is 0 Å². The van der Waals surface area contributed by atoms with Gasteiger partial charge in [0.1, 0.15) is 5.78 Å². The normalized spacial score (nSPS) is 24.1. The van der Waals surface area contributed by atoms with E-state index in [9.17, 15) is 4.79 Å². The number of Topliss-reactive ketones (excluding diaryl/α,β-unsaturated/α-hetero) is 1. The number of hydrogen-bond acceptors (Lipinski definition) is 3. The Hall–Kier alpha value is -0.410. The van der Waals surface area contributed by atoms with Crippen LogP contribution in [0.4, 0.5) is 0 Å². The quantitative estimate of drug-likeness (QED) is 0.727. The van der Waals surface area contributed by atoms with Crippen LogP contribution < -0.4 is 0 Å². The van der Waals surface area contributed by atoms with Crippen molar-refractivity contribution in [2.75, 3.05) is 32.7 Å². The Kier molecular flexibility index (Phi) is 3.60. The largest absolute Gasteiger partial charge is 0.301 e. The fraction of sp³-hybridized carbons (Fsp3) is 0.929. The minimum Gasteiger partial charge on any atom is -0.301 e. The van der Waals surface area contributed by atoms with E-state index in [-0.39, 0.29) is 5.92 Å². The number of hydrogen-bond donors (Lipinski definition) is 0. The predicted octanol–water partition coefficient (Wildman–Crippen LogP) is 1.63. The number of nitrogens with zero attached hydrogens (tertiary/aromatic N) is 2. The summed E-state index contributed by atoms with van der Waals surface area (Å²) in [6.07, 6.45) is 0.738. The van der Waals surface area contributed by atoms with Crippen LogP contribution in [-0.2, 0) is 4.79 Å². The summed E-state index contributed by atoms with van der Waals surface area (Å²) in [7, 11) is 0. The molecule has 98 valence electrons. The van der Waals surface area contributed by atoms with Gasteiger partial charge in [0.05, 0.1) is 0 Å². The lowest BCUT2D eigenvalue weighted by molar-refractivity contribution is -0.132. The average molecular weight is 238 g/mol. The summed E-state index contributed by atoms with van der Waals surface area (Å²) in [5, 5.41) is 0. The topological polar surface area (TPSA) is 23.6 Å². The van der Waals surface area contributed by atoms with Gasteiger partial charge in [-0.1, -0.05) is 13.8 Å². The molecule has 2 fully saturated rings. The van der Waals surface area contributed by atoms with Crippen molar-refractivity contribution >= 4 is 5.78 Å². The van der Waals surface area contributed by atoms with Gasteiger partial charge in [-0.15, -0.1) is 0 Å². The Morgan fingerprint density at radius 1 is 1.12 bits per heavy atom. The highest BCUT2D eigenvalue weighted by Crippen LogP contribution is 2.40. The van der Waals surface area contributed by atoms with E-state index in [2.05, 4.69) is 23.6 Å². The van der Waals surface area contributed by atoms with Gasteiger partial charge in [0.25, 0.3) is 0 Å². The molecule has 0 radical (unpaired) electrons. The van der Waals surface area contributed by atoms with Crippen molar-refractivity contribution in [1.29, 1.82) is 0 Å².